The maximum atomic E-state index is 6.42. The molecule has 3 aromatic heterocycles. The second-order valence-corrected chi connectivity index (χ2v) is 6.30. The van der Waals surface area contributed by atoms with Crippen LogP contribution in [0.2, 0.25) is 5.15 Å². The number of nitrogens with zero attached hydrogens (tertiary/aromatic N) is 5. The molecule has 2 N–H and O–H groups in total. The molecule has 6 nitrogen and oxygen atoms in total. The molecule has 0 aliphatic rings. The molecule has 0 unspecified atom stereocenters. The molecule has 0 aliphatic heterocycles. The minimum atomic E-state index is 0.419. The van der Waals surface area contributed by atoms with Crippen molar-refractivity contribution in [1.29, 1.82) is 0 Å². The maximum Gasteiger partial charge on any atom is 0.129 e. The molecule has 0 bridgehead atoms. The van der Waals surface area contributed by atoms with E-state index in [9.17, 15) is 0 Å². The topological polar surface area (TPSA) is 80.3 Å². The number of fused-ring (bicyclic) bond motifs is 1. The van der Waals surface area contributed by atoms with Gasteiger partial charge in [0.2, 0.25) is 0 Å². The zero-order valence-electron chi connectivity index (χ0n) is 14.8. The lowest BCUT2D eigenvalue weighted by atomic mass is 10.0. The van der Waals surface area contributed by atoms with Crippen LogP contribution in [-0.4, -0.2) is 42.3 Å². The number of aliphatic imine (C=N–C) groups is 1. The Kier molecular flexibility index (Phi) is 5.14. The van der Waals surface area contributed by atoms with Gasteiger partial charge >= 0.3 is 0 Å². The highest BCUT2D eigenvalue weighted by Crippen LogP contribution is 2.24. The zero-order chi connectivity index (χ0) is 18.7. The van der Waals surface area contributed by atoms with Crippen LogP contribution in [0.5, 0.6) is 0 Å². The first kappa shape index (κ1) is 17.8. The van der Waals surface area contributed by atoms with E-state index in [1.807, 2.05) is 43.3 Å². The number of nitrogens with two attached hydrogens (primary N) is 1. The molecule has 0 spiro atoms. The summed E-state index contributed by atoms with van der Waals surface area (Å²) < 4.78 is 0. The third kappa shape index (κ3) is 3.65. The van der Waals surface area contributed by atoms with Gasteiger partial charge in [-0.1, -0.05) is 11.6 Å². The quantitative estimate of drug-likeness (QED) is 0.566. The molecule has 7 heteroatoms. The van der Waals surface area contributed by atoms with Crippen molar-refractivity contribution >= 4 is 45.9 Å². The number of hydrogen-bond acceptors (Lipinski definition) is 6. The molecule has 0 fully saturated rings. The average molecular weight is 367 g/mol. The number of halogens is 1. The Bertz CT molecular complexity index is 993. The number of aromatic nitrogens is 3. The summed E-state index contributed by atoms with van der Waals surface area (Å²) in [7, 11) is 5.58. The zero-order valence-corrected chi connectivity index (χ0v) is 15.6. The smallest absolute Gasteiger partial charge is 0.129 e. The van der Waals surface area contributed by atoms with Crippen molar-refractivity contribution in [3.8, 4) is 0 Å². The molecule has 3 heterocycles. The first-order chi connectivity index (χ1) is 12.5. The van der Waals surface area contributed by atoms with Crippen LogP contribution in [-0.2, 0) is 0 Å². The standard InChI is InChI=1S/C19H19ClN6/c1-22-11-14(19(21)12-4-7-18(24-9-12)26(2)3)13-8-16-15(23-10-13)5-6-17(20)25-16/h4-11H,21H2,1-3H3. The van der Waals surface area contributed by atoms with Gasteiger partial charge in [-0.2, -0.15) is 0 Å². The molecule has 132 valence electrons. The summed E-state index contributed by atoms with van der Waals surface area (Å²) in [5, 5.41) is 0.419. The molecular formula is C19H19ClN6. The van der Waals surface area contributed by atoms with E-state index in [-0.39, 0.29) is 0 Å². The van der Waals surface area contributed by atoms with Crippen LogP contribution < -0.4 is 10.6 Å². The predicted molar refractivity (Wildman–Crippen MR) is 109 cm³/mol. The second kappa shape index (κ2) is 7.49. The van der Waals surface area contributed by atoms with Crippen LogP contribution in [0.15, 0.2) is 47.7 Å². The summed E-state index contributed by atoms with van der Waals surface area (Å²) in [4.78, 5) is 19.2. The number of allylic oxidation sites excluding steroid dienone is 1. The molecule has 26 heavy (non-hydrogen) atoms. The van der Waals surface area contributed by atoms with Gasteiger partial charge in [-0.3, -0.25) is 9.98 Å². The average Bonchev–Trinajstić information content (AvgIpc) is 2.65. The maximum absolute atomic E-state index is 6.42. The van der Waals surface area contributed by atoms with Crippen molar-refractivity contribution in [2.75, 3.05) is 26.0 Å². The van der Waals surface area contributed by atoms with E-state index in [0.717, 1.165) is 28.0 Å². The minimum absolute atomic E-state index is 0.419. The Hall–Kier alpha value is -2.99. The summed E-state index contributed by atoms with van der Waals surface area (Å²) in [6, 6.07) is 9.31. The van der Waals surface area contributed by atoms with E-state index in [1.165, 1.54) is 0 Å². The van der Waals surface area contributed by atoms with Gasteiger partial charge in [0, 0.05) is 62.1 Å². The van der Waals surface area contributed by atoms with Crippen LogP contribution in [0.25, 0.3) is 22.3 Å². The molecule has 0 saturated carbocycles. The molecule has 0 amide bonds. The van der Waals surface area contributed by atoms with Gasteiger partial charge in [0.05, 0.1) is 11.0 Å². The van der Waals surface area contributed by atoms with E-state index < -0.39 is 0 Å². The third-order valence-electron chi connectivity index (χ3n) is 3.88. The van der Waals surface area contributed by atoms with Crippen molar-refractivity contribution in [3.05, 3.63) is 59.0 Å². The lowest BCUT2D eigenvalue weighted by Gasteiger charge is -2.13. The Labute approximate surface area is 157 Å². The fraction of sp³-hybridized carbons (Fsp3) is 0.158. The number of pyridine rings is 3. The normalized spacial score (nSPS) is 12.5. The van der Waals surface area contributed by atoms with Gasteiger partial charge in [-0.15, -0.1) is 0 Å². The molecule has 0 aliphatic carbocycles. The Balaban J connectivity index is 2.11. The van der Waals surface area contributed by atoms with Crippen molar-refractivity contribution in [2.24, 2.45) is 10.7 Å². The molecule has 0 atom stereocenters. The van der Waals surface area contributed by atoms with Crippen LogP contribution in [0, 0.1) is 0 Å². The first-order valence-corrected chi connectivity index (χ1v) is 8.35. The van der Waals surface area contributed by atoms with Gasteiger partial charge in [-0.25, -0.2) is 9.97 Å². The summed E-state index contributed by atoms with van der Waals surface area (Å²) >= 11 is 6.00. The summed E-state index contributed by atoms with van der Waals surface area (Å²) in [6.45, 7) is 0. The van der Waals surface area contributed by atoms with Gasteiger partial charge in [0.1, 0.15) is 11.0 Å². The fourth-order valence-corrected chi connectivity index (χ4v) is 2.68. The Morgan fingerprint density at radius 3 is 2.50 bits per heavy atom. The van der Waals surface area contributed by atoms with Crippen LogP contribution in [0.1, 0.15) is 11.1 Å². The van der Waals surface area contributed by atoms with Crippen LogP contribution >= 0.6 is 11.6 Å². The molecule has 3 rings (SSSR count). The van der Waals surface area contributed by atoms with Crippen LogP contribution in [0.3, 0.4) is 0 Å². The molecule has 3 aromatic rings. The molecule has 0 aromatic carbocycles. The van der Waals surface area contributed by atoms with Gasteiger partial charge in [-0.05, 0) is 30.3 Å². The highest BCUT2D eigenvalue weighted by molar-refractivity contribution is 6.29. The van der Waals surface area contributed by atoms with Crippen molar-refractivity contribution < 1.29 is 0 Å². The highest BCUT2D eigenvalue weighted by atomic mass is 35.5. The Morgan fingerprint density at radius 2 is 1.85 bits per heavy atom. The van der Waals surface area contributed by atoms with Gasteiger partial charge in [0.25, 0.3) is 0 Å². The third-order valence-corrected chi connectivity index (χ3v) is 4.09. The van der Waals surface area contributed by atoms with E-state index in [2.05, 4.69) is 19.9 Å². The first-order valence-electron chi connectivity index (χ1n) is 7.98. The number of anilines is 1. The summed E-state index contributed by atoms with van der Waals surface area (Å²) in [5.41, 5.74) is 10.8. The Morgan fingerprint density at radius 1 is 1.08 bits per heavy atom. The van der Waals surface area contributed by atoms with E-state index in [4.69, 9.17) is 17.3 Å². The number of rotatable bonds is 4. The summed E-state index contributed by atoms with van der Waals surface area (Å²) in [5.74, 6) is 0.860. The van der Waals surface area contributed by atoms with Crippen molar-refractivity contribution in [2.45, 2.75) is 0 Å². The lowest BCUT2D eigenvalue weighted by Crippen LogP contribution is -2.11. The number of hydrogen-bond donors (Lipinski definition) is 1. The largest absolute Gasteiger partial charge is 0.398 e. The van der Waals surface area contributed by atoms with Gasteiger partial charge in [0.15, 0.2) is 0 Å². The predicted octanol–water partition coefficient (Wildman–Crippen LogP) is 3.27. The fourth-order valence-electron chi connectivity index (χ4n) is 2.52. The van der Waals surface area contributed by atoms with Crippen molar-refractivity contribution in [1.82, 2.24) is 15.0 Å². The minimum Gasteiger partial charge on any atom is -0.398 e. The summed E-state index contributed by atoms with van der Waals surface area (Å²) in [6.07, 6.45) is 5.21. The van der Waals surface area contributed by atoms with Crippen molar-refractivity contribution in [3.63, 3.8) is 0 Å². The van der Waals surface area contributed by atoms with E-state index >= 15 is 0 Å². The van der Waals surface area contributed by atoms with E-state index in [0.29, 0.717) is 16.4 Å². The van der Waals surface area contributed by atoms with Gasteiger partial charge < -0.3 is 10.6 Å². The van der Waals surface area contributed by atoms with Crippen LogP contribution in [0.4, 0.5) is 5.82 Å². The highest BCUT2D eigenvalue weighted by Gasteiger charge is 2.10. The second-order valence-electron chi connectivity index (χ2n) is 5.91. The molecule has 0 saturated heterocycles. The molecular weight excluding hydrogens is 348 g/mol. The molecule has 0 radical (unpaired) electrons. The van der Waals surface area contributed by atoms with E-state index in [1.54, 1.807) is 31.7 Å². The SMILES string of the molecule is CN=CC(=C(N)c1ccc(N(C)C)nc1)c1cnc2ccc(Cl)nc2c1. The lowest BCUT2D eigenvalue weighted by molar-refractivity contribution is 1.07. The monoisotopic (exact) mass is 366 g/mol.